The van der Waals surface area contributed by atoms with E-state index in [1.807, 2.05) is 12.1 Å². The second kappa shape index (κ2) is 5.63. The first-order valence-electron chi connectivity index (χ1n) is 6.51. The van der Waals surface area contributed by atoms with Crippen molar-refractivity contribution in [2.45, 2.75) is 38.3 Å². The highest BCUT2D eigenvalue weighted by Crippen LogP contribution is 2.29. The van der Waals surface area contributed by atoms with Crippen LogP contribution in [0, 0.1) is 0 Å². The van der Waals surface area contributed by atoms with Gasteiger partial charge in [-0.1, -0.05) is 36.8 Å². The highest BCUT2D eigenvalue weighted by molar-refractivity contribution is 8.22. The lowest BCUT2D eigenvalue weighted by Gasteiger charge is -2.39. The van der Waals surface area contributed by atoms with E-state index >= 15 is 0 Å². The van der Waals surface area contributed by atoms with Gasteiger partial charge in [0.25, 0.3) is 0 Å². The lowest BCUT2D eigenvalue weighted by atomic mass is 10.2. The summed E-state index contributed by atoms with van der Waals surface area (Å²) in [6.45, 7) is 1.75. The molecule has 0 unspecified atom stereocenters. The SMILES string of the molecule is S=C1SCN(C2CCCC2)CN1Cc1ccco1. The Kier molecular flexibility index (Phi) is 3.91. The maximum atomic E-state index is 5.45. The molecule has 0 N–H and O–H groups in total. The van der Waals surface area contributed by atoms with Crippen molar-refractivity contribution in [2.24, 2.45) is 0 Å². The molecule has 0 amide bonds. The fraction of sp³-hybridized carbons (Fsp3) is 0.615. The zero-order chi connectivity index (χ0) is 12.4. The molecule has 98 valence electrons. The Morgan fingerprint density at radius 3 is 2.94 bits per heavy atom. The predicted molar refractivity (Wildman–Crippen MR) is 78.3 cm³/mol. The molecule has 0 bridgehead atoms. The van der Waals surface area contributed by atoms with Gasteiger partial charge in [-0.2, -0.15) is 0 Å². The maximum absolute atomic E-state index is 5.45. The minimum atomic E-state index is 0.764. The largest absolute Gasteiger partial charge is 0.467 e. The molecule has 3 rings (SSSR count). The van der Waals surface area contributed by atoms with Crippen LogP contribution in [-0.2, 0) is 6.54 Å². The normalized spacial score (nSPS) is 22.9. The highest BCUT2D eigenvalue weighted by Gasteiger charge is 2.29. The van der Waals surface area contributed by atoms with Crippen LogP contribution in [0.4, 0.5) is 0 Å². The molecule has 2 fully saturated rings. The van der Waals surface area contributed by atoms with Gasteiger partial charge in [-0.25, -0.2) is 0 Å². The number of nitrogens with zero attached hydrogens (tertiary/aromatic N) is 2. The van der Waals surface area contributed by atoms with E-state index in [1.165, 1.54) is 25.7 Å². The lowest BCUT2D eigenvalue weighted by Crippen LogP contribution is -2.47. The molecule has 1 aromatic rings. The standard InChI is InChI=1S/C13H18N2OS2/c17-13-14(8-12-6-3-7-16-12)9-15(10-18-13)11-4-1-2-5-11/h3,6-7,11H,1-2,4-5,8-10H2. The van der Waals surface area contributed by atoms with Gasteiger partial charge in [-0.3, -0.25) is 4.90 Å². The first-order valence-corrected chi connectivity index (χ1v) is 7.90. The Balaban J connectivity index is 1.63. The van der Waals surface area contributed by atoms with Crippen molar-refractivity contribution in [1.82, 2.24) is 9.80 Å². The van der Waals surface area contributed by atoms with Crippen LogP contribution >= 0.6 is 24.0 Å². The van der Waals surface area contributed by atoms with E-state index in [2.05, 4.69) is 9.80 Å². The Bertz CT molecular complexity index is 401. The van der Waals surface area contributed by atoms with E-state index in [-0.39, 0.29) is 0 Å². The molecule has 1 saturated heterocycles. The van der Waals surface area contributed by atoms with Gasteiger partial charge in [-0.15, -0.1) is 0 Å². The van der Waals surface area contributed by atoms with E-state index in [9.17, 15) is 0 Å². The molecule has 18 heavy (non-hydrogen) atoms. The summed E-state index contributed by atoms with van der Waals surface area (Å²) in [6, 6.07) is 4.71. The first-order chi connectivity index (χ1) is 8.83. The minimum absolute atomic E-state index is 0.764. The number of thioether (sulfide) groups is 1. The molecule has 1 aliphatic carbocycles. The van der Waals surface area contributed by atoms with Gasteiger partial charge >= 0.3 is 0 Å². The summed E-state index contributed by atoms with van der Waals surface area (Å²) < 4.78 is 6.42. The summed E-state index contributed by atoms with van der Waals surface area (Å²) in [5.74, 6) is 2.05. The van der Waals surface area contributed by atoms with E-state index in [0.29, 0.717) is 0 Å². The molecule has 1 saturated carbocycles. The summed E-state index contributed by atoms with van der Waals surface area (Å²) in [4.78, 5) is 4.82. The average molecular weight is 282 g/mol. The molecule has 2 aliphatic rings. The van der Waals surface area contributed by atoms with Crippen LogP contribution in [0.15, 0.2) is 22.8 Å². The number of hydrogen-bond donors (Lipinski definition) is 0. The summed E-state index contributed by atoms with van der Waals surface area (Å²) in [7, 11) is 0. The van der Waals surface area contributed by atoms with Crippen LogP contribution in [0.5, 0.6) is 0 Å². The van der Waals surface area contributed by atoms with E-state index in [1.54, 1.807) is 18.0 Å². The summed E-state index contributed by atoms with van der Waals surface area (Å²) in [6.07, 6.45) is 7.19. The topological polar surface area (TPSA) is 19.6 Å². The number of rotatable bonds is 3. The third-order valence-corrected chi connectivity index (χ3v) is 5.31. The van der Waals surface area contributed by atoms with Gasteiger partial charge in [0.15, 0.2) is 0 Å². The third-order valence-electron chi connectivity index (χ3n) is 3.73. The van der Waals surface area contributed by atoms with Gasteiger partial charge in [0.05, 0.1) is 25.4 Å². The van der Waals surface area contributed by atoms with E-state index in [4.69, 9.17) is 16.6 Å². The number of hydrogen-bond acceptors (Lipinski definition) is 4. The molecular weight excluding hydrogens is 264 g/mol. The van der Waals surface area contributed by atoms with Crippen molar-refractivity contribution in [3.8, 4) is 0 Å². The Morgan fingerprint density at radius 2 is 2.22 bits per heavy atom. The molecule has 0 spiro atoms. The van der Waals surface area contributed by atoms with E-state index in [0.717, 1.165) is 35.2 Å². The van der Waals surface area contributed by atoms with Gasteiger partial charge in [0.2, 0.25) is 0 Å². The fourth-order valence-corrected chi connectivity index (χ4v) is 3.90. The first kappa shape index (κ1) is 12.5. The zero-order valence-corrected chi connectivity index (χ0v) is 12.0. The number of thiocarbonyl (C=S) groups is 1. The lowest BCUT2D eigenvalue weighted by molar-refractivity contribution is 0.150. The van der Waals surface area contributed by atoms with Crippen LogP contribution < -0.4 is 0 Å². The second-order valence-corrected chi connectivity index (χ2v) is 6.56. The van der Waals surface area contributed by atoms with Crippen LogP contribution in [-0.4, -0.2) is 32.7 Å². The Hall–Kier alpha value is -0.520. The third kappa shape index (κ3) is 2.73. The quantitative estimate of drug-likeness (QED) is 0.790. The van der Waals surface area contributed by atoms with Crippen molar-refractivity contribution >= 4 is 28.3 Å². The van der Waals surface area contributed by atoms with Gasteiger partial charge in [0.1, 0.15) is 10.1 Å². The number of furan rings is 1. The van der Waals surface area contributed by atoms with Crippen LogP contribution in [0.25, 0.3) is 0 Å². The summed E-state index contributed by atoms with van der Waals surface area (Å²) in [5.41, 5.74) is 0. The smallest absolute Gasteiger partial charge is 0.139 e. The minimum Gasteiger partial charge on any atom is -0.467 e. The second-order valence-electron chi connectivity index (χ2n) is 4.99. The maximum Gasteiger partial charge on any atom is 0.139 e. The zero-order valence-electron chi connectivity index (χ0n) is 10.4. The van der Waals surface area contributed by atoms with Crippen molar-refractivity contribution in [2.75, 3.05) is 12.5 Å². The predicted octanol–water partition coefficient (Wildman–Crippen LogP) is 3.27. The molecule has 1 aliphatic heterocycles. The molecule has 3 nitrogen and oxygen atoms in total. The molecule has 0 radical (unpaired) electrons. The Labute approximate surface area is 118 Å². The highest BCUT2D eigenvalue weighted by atomic mass is 32.2. The molecule has 1 aromatic heterocycles. The Morgan fingerprint density at radius 1 is 1.39 bits per heavy atom. The summed E-state index contributed by atoms with van der Waals surface area (Å²) in [5, 5.41) is 0. The average Bonchev–Trinajstić information content (AvgIpc) is 3.04. The van der Waals surface area contributed by atoms with Gasteiger partial charge < -0.3 is 9.32 Å². The molecule has 2 heterocycles. The van der Waals surface area contributed by atoms with Crippen LogP contribution in [0.2, 0.25) is 0 Å². The fourth-order valence-electron chi connectivity index (χ4n) is 2.74. The molecular formula is C13H18N2OS2. The summed E-state index contributed by atoms with van der Waals surface area (Å²) >= 11 is 7.23. The van der Waals surface area contributed by atoms with Crippen molar-refractivity contribution in [1.29, 1.82) is 0 Å². The molecule has 0 atom stereocenters. The monoisotopic (exact) mass is 282 g/mol. The van der Waals surface area contributed by atoms with Crippen LogP contribution in [0.1, 0.15) is 31.4 Å². The molecule has 5 heteroatoms. The van der Waals surface area contributed by atoms with Crippen molar-refractivity contribution in [3.63, 3.8) is 0 Å². The molecule has 0 aromatic carbocycles. The van der Waals surface area contributed by atoms with Gasteiger partial charge in [-0.05, 0) is 25.0 Å². The van der Waals surface area contributed by atoms with Crippen molar-refractivity contribution in [3.05, 3.63) is 24.2 Å². The van der Waals surface area contributed by atoms with E-state index < -0.39 is 0 Å². The van der Waals surface area contributed by atoms with Crippen molar-refractivity contribution < 1.29 is 4.42 Å². The van der Waals surface area contributed by atoms with Crippen LogP contribution in [0.3, 0.4) is 0 Å². The van der Waals surface area contributed by atoms with Gasteiger partial charge in [0, 0.05) is 6.04 Å².